The summed E-state index contributed by atoms with van der Waals surface area (Å²) in [6.07, 6.45) is 2.74. The minimum Gasteiger partial charge on any atom is -0.494 e. The van der Waals surface area contributed by atoms with Crippen LogP contribution in [0, 0.1) is 0 Å². The van der Waals surface area contributed by atoms with Gasteiger partial charge in [0.05, 0.1) is 18.3 Å². The van der Waals surface area contributed by atoms with E-state index >= 15 is 0 Å². The first-order chi connectivity index (χ1) is 17.7. The maximum absolute atomic E-state index is 6.43. The minimum atomic E-state index is -0.0971. The van der Waals surface area contributed by atoms with E-state index in [1.807, 2.05) is 79.9 Å². The second-order valence-electron chi connectivity index (χ2n) is 8.63. The molecule has 7 heteroatoms. The highest BCUT2D eigenvalue weighted by molar-refractivity contribution is 7.80. The number of ether oxygens (including phenoxy) is 1. The summed E-state index contributed by atoms with van der Waals surface area (Å²) in [6, 6.07) is 28.1. The summed E-state index contributed by atoms with van der Waals surface area (Å²) in [5.74, 6) is 2.53. The molecular weight excluding hydrogens is 468 g/mol. The van der Waals surface area contributed by atoms with Crippen LogP contribution in [0.3, 0.4) is 0 Å². The lowest BCUT2D eigenvalue weighted by Crippen LogP contribution is -2.31. The molecule has 184 valence electrons. The predicted octanol–water partition coefficient (Wildman–Crippen LogP) is 6.22. The van der Waals surface area contributed by atoms with E-state index in [2.05, 4.69) is 38.7 Å². The van der Waals surface area contributed by atoms with Gasteiger partial charge in [-0.2, -0.15) is 0 Å². The van der Waals surface area contributed by atoms with Crippen LogP contribution in [0.1, 0.15) is 36.9 Å². The van der Waals surface area contributed by atoms with Gasteiger partial charge in [0, 0.05) is 30.5 Å². The van der Waals surface area contributed by atoms with Gasteiger partial charge < -0.3 is 24.7 Å². The molecule has 5 rings (SSSR count). The van der Waals surface area contributed by atoms with Gasteiger partial charge in [0.25, 0.3) is 0 Å². The third-order valence-electron chi connectivity index (χ3n) is 6.24. The Morgan fingerprint density at radius 1 is 1.00 bits per heavy atom. The standard InChI is InChI=1S/C29H30N4O2S/c1-2-34-23-14-12-21(13-15-23)25-16-17-26(35-25)28-27(24-11-6-7-18-31-24)32-29(36)33(28)20-8-19-30-22-9-4-3-5-10-22/h3-7,9-18,27-28,30H,2,8,19-20H2,1H3,(H,32,36)/t27-,28-/m0/s1. The molecule has 1 fully saturated rings. The molecule has 0 bridgehead atoms. The zero-order chi connectivity index (χ0) is 24.7. The first-order valence-electron chi connectivity index (χ1n) is 12.3. The van der Waals surface area contributed by atoms with E-state index in [0.717, 1.165) is 58.8 Å². The van der Waals surface area contributed by atoms with Gasteiger partial charge in [0.1, 0.15) is 23.3 Å². The molecular formula is C29H30N4O2S. The number of pyridine rings is 1. The Kier molecular flexibility index (Phi) is 7.47. The number of nitrogens with one attached hydrogen (secondary N) is 2. The quantitative estimate of drug-likeness (QED) is 0.199. The molecule has 0 radical (unpaired) electrons. The molecule has 6 nitrogen and oxygen atoms in total. The summed E-state index contributed by atoms with van der Waals surface area (Å²) in [7, 11) is 0. The molecule has 3 heterocycles. The number of nitrogens with zero attached hydrogens (tertiary/aromatic N) is 2. The lowest BCUT2D eigenvalue weighted by Gasteiger charge is -2.26. The second-order valence-corrected chi connectivity index (χ2v) is 9.01. The van der Waals surface area contributed by atoms with Crippen molar-refractivity contribution in [3.05, 3.63) is 103 Å². The fourth-order valence-corrected chi connectivity index (χ4v) is 4.87. The molecule has 0 amide bonds. The van der Waals surface area contributed by atoms with Crippen LogP contribution in [0.4, 0.5) is 5.69 Å². The molecule has 4 aromatic rings. The van der Waals surface area contributed by atoms with E-state index in [0.29, 0.717) is 6.61 Å². The summed E-state index contributed by atoms with van der Waals surface area (Å²) in [5, 5.41) is 7.70. The van der Waals surface area contributed by atoms with Crippen LogP contribution >= 0.6 is 12.2 Å². The number of rotatable bonds is 10. The predicted molar refractivity (Wildman–Crippen MR) is 147 cm³/mol. The van der Waals surface area contributed by atoms with Crippen LogP contribution < -0.4 is 15.4 Å². The summed E-state index contributed by atoms with van der Waals surface area (Å²) in [5.41, 5.74) is 3.06. The fraction of sp³-hybridized carbons (Fsp3) is 0.241. The normalized spacial score (nSPS) is 17.1. The molecule has 0 aliphatic carbocycles. The third-order valence-corrected chi connectivity index (χ3v) is 6.60. The smallest absolute Gasteiger partial charge is 0.170 e. The summed E-state index contributed by atoms with van der Waals surface area (Å²) >= 11 is 5.79. The zero-order valence-corrected chi connectivity index (χ0v) is 21.1. The van der Waals surface area contributed by atoms with E-state index < -0.39 is 0 Å². The van der Waals surface area contributed by atoms with Gasteiger partial charge in [-0.3, -0.25) is 4.98 Å². The lowest BCUT2D eigenvalue weighted by atomic mass is 10.0. The second kappa shape index (κ2) is 11.3. The molecule has 36 heavy (non-hydrogen) atoms. The molecule has 2 aromatic carbocycles. The monoisotopic (exact) mass is 498 g/mol. The van der Waals surface area contributed by atoms with Gasteiger partial charge in [-0.05, 0) is 86.2 Å². The van der Waals surface area contributed by atoms with Gasteiger partial charge in [0.15, 0.2) is 5.11 Å². The van der Waals surface area contributed by atoms with E-state index in [-0.39, 0.29) is 12.1 Å². The number of anilines is 1. The average molecular weight is 499 g/mol. The van der Waals surface area contributed by atoms with E-state index in [4.69, 9.17) is 21.4 Å². The number of furan rings is 1. The Morgan fingerprint density at radius 3 is 2.56 bits per heavy atom. The van der Waals surface area contributed by atoms with Crippen molar-refractivity contribution in [2.75, 3.05) is 25.0 Å². The number of benzene rings is 2. The minimum absolute atomic E-state index is 0.0967. The van der Waals surface area contributed by atoms with Crippen molar-refractivity contribution in [2.45, 2.75) is 25.4 Å². The Hall–Kier alpha value is -3.84. The first kappa shape index (κ1) is 23.9. The summed E-state index contributed by atoms with van der Waals surface area (Å²) < 4.78 is 12.0. The van der Waals surface area contributed by atoms with Crippen molar-refractivity contribution < 1.29 is 9.15 Å². The summed E-state index contributed by atoms with van der Waals surface area (Å²) in [4.78, 5) is 6.84. The lowest BCUT2D eigenvalue weighted by molar-refractivity contribution is 0.274. The van der Waals surface area contributed by atoms with Gasteiger partial charge in [-0.15, -0.1) is 0 Å². The zero-order valence-electron chi connectivity index (χ0n) is 20.3. The Morgan fingerprint density at radius 2 is 1.81 bits per heavy atom. The van der Waals surface area contributed by atoms with Crippen molar-refractivity contribution in [3.8, 4) is 17.1 Å². The maximum Gasteiger partial charge on any atom is 0.170 e. The molecule has 1 saturated heterocycles. The van der Waals surface area contributed by atoms with Crippen molar-refractivity contribution in [3.63, 3.8) is 0 Å². The highest BCUT2D eigenvalue weighted by Gasteiger charge is 2.41. The van der Waals surface area contributed by atoms with Crippen molar-refractivity contribution in [2.24, 2.45) is 0 Å². The Balaban J connectivity index is 1.36. The number of hydrogen-bond donors (Lipinski definition) is 2. The molecule has 2 N–H and O–H groups in total. The topological polar surface area (TPSA) is 62.6 Å². The van der Waals surface area contributed by atoms with E-state index in [1.165, 1.54) is 0 Å². The SMILES string of the molecule is CCOc1ccc(-c2ccc([C@H]3[C@H](c4ccccn4)NC(=S)N3CCCNc3ccccc3)o2)cc1. The van der Waals surface area contributed by atoms with Crippen LogP contribution in [0.15, 0.2) is 95.5 Å². The number of thiocarbonyl (C=S) groups is 1. The van der Waals surface area contributed by atoms with Crippen molar-refractivity contribution >= 4 is 23.0 Å². The number of hydrogen-bond acceptors (Lipinski definition) is 5. The van der Waals surface area contributed by atoms with E-state index in [1.54, 1.807) is 0 Å². The van der Waals surface area contributed by atoms with Gasteiger partial charge >= 0.3 is 0 Å². The number of para-hydroxylation sites is 1. The molecule has 0 saturated carbocycles. The number of aromatic nitrogens is 1. The molecule has 0 spiro atoms. The van der Waals surface area contributed by atoms with E-state index in [9.17, 15) is 0 Å². The Labute approximate surface area is 217 Å². The van der Waals surface area contributed by atoms with Crippen molar-refractivity contribution in [1.82, 2.24) is 15.2 Å². The van der Waals surface area contributed by atoms with Crippen LogP contribution in [0.2, 0.25) is 0 Å². The highest BCUT2D eigenvalue weighted by Crippen LogP contribution is 2.40. The van der Waals surface area contributed by atoms with Crippen LogP contribution in [0.25, 0.3) is 11.3 Å². The molecule has 2 atom stereocenters. The molecule has 1 aliphatic heterocycles. The maximum atomic E-state index is 6.43. The van der Waals surface area contributed by atoms with Gasteiger partial charge in [0.2, 0.25) is 0 Å². The Bertz CT molecular complexity index is 1260. The van der Waals surface area contributed by atoms with Crippen LogP contribution in [-0.4, -0.2) is 34.7 Å². The average Bonchev–Trinajstić information content (AvgIpc) is 3.53. The van der Waals surface area contributed by atoms with Gasteiger partial charge in [-0.1, -0.05) is 24.3 Å². The van der Waals surface area contributed by atoms with Crippen LogP contribution in [-0.2, 0) is 0 Å². The first-order valence-corrected chi connectivity index (χ1v) is 12.7. The van der Waals surface area contributed by atoms with Crippen molar-refractivity contribution in [1.29, 1.82) is 0 Å². The third kappa shape index (κ3) is 5.36. The van der Waals surface area contributed by atoms with Crippen LogP contribution in [0.5, 0.6) is 5.75 Å². The highest BCUT2D eigenvalue weighted by atomic mass is 32.1. The summed E-state index contributed by atoms with van der Waals surface area (Å²) in [6.45, 7) is 4.26. The molecule has 2 aromatic heterocycles. The molecule has 0 unspecified atom stereocenters. The molecule has 1 aliphatic rings. The van der Waals surface area contributed by atoms with Gasteiger partial charge in [-0.25, -0.2) is 0 Å². The largest absolute Gasteiger partial charge is 0.494 e. The fourth-order valence-electron chi connectivity index (χ4n) is 4.54.